The standard InChI is InChI=1S/C31H30BrClF5N7O5/c1-28(2,3)14-30(17-5-7-18(32)8-6-17)24(46)44(25(42-30)41-26(47)48)21(13-50-27(49)43-29(10-11-29)31(36,37)38)16-4-9-19(33)20(12-16)45-23(22(34)35)39-15-40-45/h4-9,12,15,21-22H,10-11,13-14H2,1-3H3,(H,41,42)(H,43,49)(H,47,48)/t21-,30-/m1/s1. The van der Waals surface area contributed by atoms with Crippen molar-refractivity contribution in [2.24, 2.45) is 10.4 Å². The van der Waals surface area contributed by atoms with Gasteiger partial charge < -0.3 is 15.2 Å². The van der Waals surface area contributed by atoms with Crippen LogP contribution in [0.5, 0.6) is 0 Å². The van der Waals surface area contributed by atoms with Crippen LogP contribution in [-0.2, 0) is 15.1 Å². The molecule has 19 heteroatoms. The normalized spacial score (nSPS) is 19.3. The van der Waals surface area contributed by atoms with Crippen LogP contribution in [-0.4, -0.2) is 67.1 Å². The van der Waals surface area contributed by atoms with E-state index < -0.39 is 71.6 Å². The fraction of sp³-hybridized carbons (Fsp3) is 0.419. The van der Waals surface area contributed by atoms with Crippen LogP contribution in [0.2, 0.25) is 5.02 Å². The van der Waals surface area contributed by atoms with Crippen LogP contribution in [0.4, 0.5) is 31.5 Å². The Kier molecular flexibility index (Phi) is 9.92. The molecule has 5 rings (SSSR count). The van der Waals surface area contributed by atoms with Gasteiger partial charge in [-0.2, -0.15) is 18.3 Å². The van der Waals surface area contributed by atoms with Crippen molar-refractivity contribution in [1.29, 1.82) is 0 Å². The van der Waals surface area contributed by atoms with Crippen LogP contribution < -0.4 is 10.6 Å². The molecule has 2 heterocycles. The fourth-order valence-corrected chi connectivity index (χ4v) is 6.21. The van der Waals surface area contributed by atoms with Gasteiger partial charge in [-0.1, -0.05) is 66.5 Å². The van der Waals surface area contributed by atoms with Crippen LogP contribution in [0.15, 0.2) is 58.3 Å². The number of amides is 3. The summed E-state index contributed by atoms with van der Waals surface area (Å²) >= 11 is 9.74. The van der Waals surface area contributed by atoms with E-state index >= 15 is 0 Å². The van der Waals surface area contributed by atoms with Gasteiger partial charge in [0.1, 0.15) is 18.5 Å². The average molecular weight is 791 g/mol. The van der Waals surface area contributed by atoms with E-state index in [1.165, 1.54) is 18.2 Å². The topological polar surface area (TPSA) is 151 Å². The zero-order valence-electron chi connectivity index (χ0n) is 26.6. The molecule has 3 amide bonds. The maximum absolute atomic E-state index is 14.8. The number of carbonyl (C=O) groups excluding carboxylic acids is 2. The van der Waals surface area contributed by atoms with Gasteiger partial charge in [-0.25, -0.2) is 33.0 Å². The van der Waals surface area contributed by atoms with Crippen LogP contribution >= 0.6 is 27.5 Å². The predicted octanol–water partition coefficient (Wildman–Crippen LogP) is 7.28. The van der Waals surface area contributed by atoms with E-state index in [1.807, 2.05) is 26.1 Å². The number of carboxylic acid groups (broad SMARTS) is 1. The van der Waals surface area contributed by atoms with Crippen LogP contribution in [0, 0.1) is 5.41 Å². The number of hydrogen-bond acceptors (Lipinski definition) is 7. The monoisotopic (exact) mass is 789 g/mol. The van der Waals surface area contributed by atoms with Gasteiger partial charge in [0.25, 0.3) is 12.3 Å². The molecule has 268 valence electrons. The third-order valence-corrected chi connectivity index (χ3v) is 8.94. The number of aliphatic imine (C=N–C) groups is 1. The van der Waals surface area contributed by atoms with Gasteiger partial charge in [-0.05, 0) is 60.1 Å². The molecule has 1 fully saturated rings. The zero-order valence-corrected chi connectivity index (χ0v) is 28.9. The van der Waals surface area contributed by atoms with Crippen LogP contribution in [0.1, 0.15) is 69.5 Å². The van der Waals surface area contributed by atoms with Gasteiger partial charge in [-0.3, -0.25) is 15.0 Å². The van der Waals surface area contributed by atoms with E-state index in [1.54, 1.807) is 24.3 Å². The molecule has 2 aromatic carbocycles. The third kappa shape index (κ3) is 7.40. The molecule has 12 nitrogen and oxygen atoms in total. The molecule has 1 saturated carbocycles. The number of ether oxygens (including phenoxy) is 1. The Balaban J connectivity index is 1.64. The average Bonchev–Trinajstić information content (AvgIpc) is 3.54. The molecule has 0 radical (unpaired) electrons. The highest BCUT2D eigenvalue weighted by Crippen LogP contribution is 2.49. The van der Waals surface area contributed by atoms with Gasteiger partial charge in [-0.15, -0.1) is 0 Å². The lowest BCUT2D eigenvalue weighted by molar-refractivity contribution is -0.164. The van der Waals surface area contributed by atoms with Crippen LogP contribution in [0.3, 0.4) is 0 Å². The van der Waals surface area contributed by atoms with E-state index in [2.05, 4.69) is 36.3 Å². The highest BCUT2D eigenvalue weighted by molar-refractivity contribution is 9.10. The summed E-state index contributed by atoms with van der Waals surface area (Å²) in [5.74, 6) is -2.03. The Morgan fingerprint density at radius 3 is 2.34 bits per heavy atom. The lowest BCUT2D eigenvalue weighted by atomic mass is 9.75. The summed E-state index contributed by atoms with van der Waals surface area (Å²) in [7, 11) is 0. The van der Waals surface area contributed by atoms with Gasteiger partial charge >= 0.3 is 18.4 Å². The van der Waals surface area contributed by atoms with Crippen molar-refractivity contribution < 1.29 is 46.2 Å². The van der Waals surface area contributed by atoms with Gasteiger partial charge in [0.15, 0.2) is 11.4 Å². The van der Waals surface area contributed by atoms with E-state index in [-0.39, 0.29) is 35.5 Å². The summed E-state index contributed by atoms with van der Waals surface area (Å²) in [6.45, 7) is 4.68. The molecule has 1 aromatic heterocycles. The number of nitrogens with one attached hydrogen (secondary N) is 2. The first-order valence-corrected chi connectivity index (χ1v) is 16.1. The molecule has 2 aliphatic rings. The first kappa shape index (κ1) is 36.9. The molecule has 3 N–H and O–H groups in total. The number of alkyl carbamates (subject to hydrolysis) is 1. The van der Waals surface area contributed by atoms with Gasteiger partial charge in [0.05, 0.1) is 16.8 Å². The summed E-state index contributed by atoms with van der Waals surface area (Å²) in [6.07, 6.45) is -10.7. The second kappa shape index (κ2) is 13.4. The van der Waals surface area contributed by atoms with Crippen molar-refractivity contribution in [3.05, 3.63) is 75.2 Å². The predicted molar refractivity (Wildman–Crippen MR) is 172 cm³/mol. The highest BCUT2D eigenvalue weighted by Gasteiger charge is 2.64. The van der Waals surface area contributed by atoms with Gasteiger partial charge in [0, 0.05) is 4.47 Å². The van der Waals surface area contributed by atoms with Crippen molar-refractivity contribution in [2.45, 2.75) is 69.8 Å². The lowest BCUT2D eigenvalue weighted by Crippen LogP contribution is -2.51. The summed E-state index contributed by atoms with van der Waals surface area (Å²) in [5.41, 5.74) is -4.52. The Bertz CT molecular complexity index is 1830. The smallest absolute Gasteiger partial charge is 0.411 e. The van der Waals surface area contributed by atoms with Crippen molar-refractivity contribution in [3.8, 4) is 5.69 Å². The molecular weight excluding hydrogens is 761 g/mol. The van der Waals surface area contributed by atoms with Crippen molar-refractivity contribution in [1.82, 2.24) is 30.3 Å². The summed E-state index contributed by atoms with van der Waals surface area (Å²) in [5, 5.41) is 17.5. The van der Waals surface area contributed by atoms with E-state index in [9.17, 15) is 41.4 Å². The number of nitrogens with zero attached hydrogens (tertiary/aromatic N) is 5. The minimum Gasteiger partial charge on any atom is -0.465 e. The Morgan fingerprint density at radius 1 is 1.12 bits per heavy atom. The number of aromatic nitrogens is 3. The largest absolute Gasteiger partial charge is 0.465 e. The SMILES string of the molecule is CC(C)(C)C[C@]1(c2ccc(Br)cc2)N=C(NC(=O)O)N([C@H](COC(=O)NC2(C(F)(F)F)CC2)c2ccc(Cl)c(-n3ncnc3C(F)F)c2)C1=O. The number of alkyl halides is 5. The number of carbonyl (C=O) groups is 3. The minimum absolute atomic E-state index is 0.0421. The summed E-state index contributed by atoms with van der Waals surface area (Å²) in [6, 6.07) is 8.96. The maximum atomic E-state index is 14.8. The summed E-state index contributed by atoms with van der Waals surface area (Å²) < 4.78 is 75.2. The zero-order chi connectivity index (χ0) is 36.8. The summed E-state index contributed by atoms with van der Waals surface area (Å²) in [4.78, 5) is 48.9. The molecule has 0 bridgehead atoms. The molecule has 3 aromatic rings. The fourth-order valence-electron chi connectivity index (χ4n) is 5.74. The maximum Gasteiger partial charge on any atom is 0.411 e. The molecule has 1 aliphatic heterocycles. The molecule has 1 aliphatic carbocycles. The molecule has 0 unspecified atom stereocenters. The van der Waals surface area contributed by atoms with Crippen molar-refractivity contribution in [3.63, 3.8) is 0 Å². The number of guanidine groups is 1. The van der Waals surface area contributed by atoms with E-state index in [4.69, 9.17) is 16.3 Å². The second-order valence-corrected chi connectivity index (χ2v) is 14.3. The van der Waals surface area contributed by atoms with Gasteiger partial charge in [0.2, 0.25) is 5.96 Å². The van der Waals surface area contributed by atoms with E-state index in [0.29, 0.717) is 10.0 Å². The Morgan fingerprint density at radius 2 is 1.78 bits per heavy atom. The van der Waals surface area contributed by atoms with E-state index in [0.717, 1.165) is 15.9 Å². The number of benzene rings is 2. The Hall–Kier alpha value is -4.32. The lowest BCUT2D eigenvalue weighted by Gasteiger charge is -2.35. The minimum atomic E-state index is -4.76. The number of hydrogen-bond donors (Lipinski definition) is 3. The second-order valence-electron chi connectivity index (χ2n) is 13.0. The Labute approximate surface area is 295 Å². The molecule has 2 atom stereocenters. The number of halogens is 7. The quantitative estimate of drug-likeness (QED) is 0.193. The first-order valence-electron chi connectivity index (χ1n) is 15.0. The molecule has 0 spiro atoms. The molecule has 50 heavy (non-hydrogen) atoms. The molecule has 0 saturated heterocycles. The highest BCUT2D eigenvalue weighted by atomic mass is 79.9. The third-order valence-electron chi connectivity index (χ3n) is 8.09. The molecular formula is C31H30BrClF5N7O5. The van der Waals surface area contributed by atoms with Crippen molar-refractivity contribution in [2.75, 3.05) is 6.61 Å². The first-order chi connectivity index (χ1) is 23.3. The van der Waals surface area contributed by atoms with Crippen molar-refractivity contribution >= 4 is 51.6 Å². The number of rotatable bonds is 9. The van der Waals surface area contributed by atoms with Crippen LogP contribution in [0.25, 0.3) is 5.69 Å².